The Bertz CT molecular complexity index is 163. The van der Waals surface area contributed by atoms with Crippen LogP contribution in [0.2, 0.25) is 0 Å². The molecule has 3 heteroatoms. The van der Waals surface area contributed by atoms with Crippen molar-refractivity contribution in [2.24, 2.45) is 5.73 Å². The summed E-state index contributed by atoms with van der Waals surface area (Å²) in [6.07, 6.45) is 5.62. The summed E-state index contributed by atoms with van der Waals surface area (Å²) < 4.78 is 4.93. The number of rotatable bonds is 2. The molecule has 0 aliphatic carbocycles. The quantitative estimate of drug-likeness (QED) is 0.566. The Hall–Kier alpha value is -0.800. The van der Waals surface area contributed by atoms with Crippen molar-refractivity contribution in [2.45, 2.75) is 6.17 Å². The van der Waals surface area contributed by atoms with Gasteiger partial charge in [-0.25, -0.2) is 0 Å². The smallest absolute Gasteiger partial charge is 0.0986 e. The Kier molecular flexibility index (Phi) is 2.48. The Morgan fingerprint density at radius 2 is 2.60 bits per heavy atom. The van der Waals surface area contributed by atoms with Gasteiger partial charge in [0.05, 0.1) is 12.8 Å². The van der Waals surface area contributed by atoms with Crippen LogP contribution in [-0.4, -0.2) is 19.9 Å². The summed E-state index contributed by atoms with van der Waals surface area (Å²) in [5.74, 6) is 0. The standard InChI is InChI=1S/C7H12N2O/c1-10-5-6-3-2-4-9-7(6)8/h2-4,7,9H,5,8H2,1H3. The first kappa shape index (κ1) is 7.31. The molecule has 1 unspecified atom stereocenters. The van der Waals surface area contributed by atoms with Crippen molar-refractivity contribution in [3.05, 3.63) is 23.9 Å². The van der Waals surface area contributed by atoms with Crippen LogP contribution < -0.4 is 11.1 Å². The van der Waals surface area contributed by atoms with E-state index in [4.69, 9.17) is 10.5 Å². The van der Waals surface area contributed by atoms with Gasteiger partial charge in [-0.2, -0.15) is 0 Å². The summed E-state index contributed by atoms with van der Waals surface area (Å²) in [6, 6.07) is 0. The van der Waals surface area contributed by atoms with E-state index in [1.165, 1.54) is 0 Å². The third-order valence-corrected chi connectivity index (χ3v) is 1.39. The van der Waals surface area contributed by atoms with Gasteiger partial charge in [-0.15, -0.1) is 0 Å². The molecule has 1 atom stereocenters. The first-order chi connectivity index (χ1) is 4.84. The monoisotopic (exact) mass is 140 g/mol. The molecule has 0 saturated carbocycles. The Morgan fingerprint density at radius 3 is 3.20 bits per heavy atom. The van der Waals surface area contributed by atoms with Crippen molar-refractivity contribution in [3.63, 3.8) is 0 Å². The number of hydrogen-bond acceptors (Lipinski definition) is 3. The average Bonchev–Trinajstić information content (AvgIpc) is 1.94. The van der Waals surface area contributed by atoms with Gasteiger partial charge in [0.2, 0.25) is 0 Å². The number of ether oxygens (including phenoxy) is 1. The van der Waals surface area contributed by atoms with Gasteiger partial charge in [-0.3, -0.25) is 0 Å². The van der Waals surface area contributed by atoms with Crippen LogP contribution in [0.3, 0.4) is 0 Å². The van der Waals surface area contributed by atoms with Crippen LogP contribution in [0.5, 0.6) is 0 Å². The highest BCUT2D eigenvalue weighted by Crippen LogP contribution is 2.02. The molecule has 0 aromatic carbocycles. The number of hydrogen-bond donors (Lipinski definition) is 2. The fraction of sp³-hybridized carbons (Fsp3) is 0.429. The lowest BCUT2D eigenvalue weighted by atomic mass is 10.2. The molecule has 1 heterocycles. The lowest BCUT2D eigenvalue weighted by Gasteiger charge is -2.17. The van der Waals surface area contributed by atoms with Gasteiger partial charge in [0, 0.05) is 7.11 Å². The maximum atomic E-state index is 5.65. The van der Waals surface area contributed by atoms with Crippen molar-refractivity contribution >= 4 is 0 Å². The fourth-order valence-corrected chi connectivity index (χ4v) is 0.846. The molecule has 0 spiro atoms. The van der Waals surface area contributed by atoms with Crippen LogP contribution in [0.25, 0.3) is 0 Å². The molecular weight excluding hydrogens is 128 g/mol. The normalized spacial score (nSPS) is 23.8. The van der Waals surface area contributed by atoms with Crippen LogP contribution in [-0.2, 0) is 4.74 Å². The first-order valence-electron chi connectivity index (χ1n) is 3.21. The Balaban J connectivity index is 2.52. The number of methoxy groups -OCH3 is 1. The van der Waals surface area contributed by atoms with Crippen LogP contribution in [0.4, 0.5) is 0 Å². The summed E-state index contributed by atoms with van der Waals surface area (Å²) in [6.45, 7) is 0.596. The number of allylic oxidation sites excluding steroid dienone is 2. The second-order valence-corrected chi connectivity index (χ2v) is 2.18. The zero-order valence-corrected chi connectivity index (χ0v) is 6.00. The van der Waals surface area contributed by atoms with Crippen molar-refractivity contribution in [1.82, 2.24) is 5.32 Å². The average molecular weight is 140 g/mol. The largest absolute Gasteiger partial charge is 0.380 e. The van der Waals surface area contributed by atoms with Gasteiger partial charge in [0.25, 0.3) is 0 Å². The molecule has 1 rings (SSSR count). The van der Waals surface area contributed by atoms with Gasteiger partial charge < -0.3 is 15.8 Å². The van der Waals surface area contributed by atoms with E-state index in [0.29, 0.717) is 6.61 Å². The van der Waals surface area contributed by atoms with Crippen molar-refractivity contribution < 1.29 is 4.74 Å². The topological polar surface area (TPSA) is 47.3 Å². The van der Waals surface area contributed by atoms with E-state index in [9.17, 15) is 0 Å². The maximum Gasteiger partial charge on any atom is 0.0986 e. The molecule has 0 radical (unpaired) electrons. The highest BCUT2D eigenvalue weighted by molar-refractivity contribution is 5.21. The van der Waals surface area contributed by atoms with E-state index < -0.39 is 0 Å². The predicted molar refractivity (Wildman–Crippen MR) is 40.2 cm³/mol. The molecule has 56 valence electrons. The molecule has 0 aromatic rings. The summed E-state index contributed by atoms with van der Waals surface area (Å²) in [5, 5.41) is 2.97. The second kappa shape index (κ2) is 3.39. The lowest BCUT2D eigenvalue weighted by Crippen LogP contribution is -2.38. The second-order valence-electron chi connectivity index (χ2n) is 2.18. The molecule has 0 aromatic heterocycles. The Labute approximate surface area is 60.5 Å². The molecule has 10 heavy (non-hydrogen) atoms. The summed E-state index contributed by atoms with van der Waals surface area (Å²) in [5.41, 5.74) is 6.73. The van der Waals surface area contributed by atoms with E-state index in [1.807, 2.05) is 18.4 Å². The van der Waals surface area contributed by atoms with E-state index in [-0.39, 0.29) is 6.17 Å². The minimum Gasteiger partial charge on any atom is -0.380 e. The van der Waals surface area contributed by atoms with Crippen LogP contribution in [0, 0.1) is 0 Å². The highest BCUT2D eigenvalue weighted by atomic mass is 16.5. The van der Waals surface area contributed by atoms with Crippen molar-refractivity contribution in [2.75, 3.05) is 13.7 Å². The Morgan fingerprint density at radius 1 is 1.80 bits per heavy atom. The summed E-state index contributed by atoms with van der Waals surface area (Å²) in [4.78, 5) is 0. The van der Waals surface area contributed by atoms with Crippen LogP contribution in [0.1, 0.15) is 0 Å². The molecule has 1 aliphatic rings. The number of nitrogens with one attached hydrogen (secondary N) is 1. The van der Waals surface area contributed by atoms with Gasteiger partial charge in [-0.1, -0.05) is 6.08 Å². The van der Waals surface area contributed by atoms with Crippen LogP contribution in [0.15, 0.2) is 23.9 Å². The van der Waals surface area contributed by atoms with Crippen molar-refractivity contribution in [1.29, 1.82) is 0 Å². The zero-order chi connectivity index (χ0) is 7.40. The molecule has 0 bridgehead atoms. The van der Waals surface area contributed by atoms with Crippen LogP contribution >= 0.6 is 0 Å². The van der Waals surface area contributed by atoms with E-state index in [1.54, 1.807) is 7.11 Å². The van der Waals surface area contributed by atoms with Gasteiger partial charge in [0.15, 0.2) is 0 Å². The van der Waals surface area contributed by atoms with E-state index in [0.717, 1.165) is 5.57 Å². The highest BCUT2D eigenvalue weighted by Gasteiger charge is 2.07. The summed E-state index contributed by atoms with van der Waals surface area (Å²) in [7, 11) is 1.66. The molecule has 1 aliphatic heterocycles. The minimum atomic E-state index is -0.0788. The number of nitrogens with two attached hydrogens (primary N) is 1. The minimum absolute atomic E-state index is 0.0788. The fourth-order valence-electron chi connectivity index (χ4n) is 0.846. The van der Waals surface area contributed by atoms with E-state index >= 15 is 0 Å². The first-order valence-corrected chi connectivity index (χ1v) is 3.21. The lowest BCUT2D eigenvalue weighted by molar-refractivity contribution is 0.219. The summed E-state index contributed by atoms with van der Waals surface area (Å²) >= 11 is 0. The molecule has 0 amide bonds. The van der Waals surface area contributed by atoms with E-state index in [2.05, 4.69) is 5.32 Å². The third-order valence-electron chi connectivity index (χ3n) is 1.39. The SMILES string of the molecule is COCC1=CC=CNC1N. The van der Waals surface area contributed by atoms with Gasteiger partial charge in [0.1, 0.15) is 0 Å². The molecule has 0 saturated heterocycles. The third kappa shape index (κ3) is 1.59. The molecular formula is C7H12N2O. The molecule has 3 N–H and O–H groups in total. The molecule has 0 fully saturated rings. The number of dihydropyridines is 1. The zero-order valence-electron chi connectivity index (χ0n) is 6.00. The van der Waals surface area contributed by atoms with Gasteiger partial charge >= 0.3 is 0 Å². The maximum absolute atomic E-state index is 5.65. The van der Waals surface area contributed by atoms with Gasteiger partial charge in [-0.05, 0) is 17.8 Å². The van der Waals surface area contributed by atoms with Crippen molar-refractivity contribution in [3.8, 4) is 0 Å². The molecule has 3 nitrogen and oxygen atoms in total. The predicted octanol–water partition coefficient (Wildman–Crippen LogP) is -0.0391.